The van der Waals surface area contributed by atoms with Gasteiger partial charge in [0.2, 0.25) is 0 Å². The van der Waals surface area contributed by atoms with Crippen LogP contribution in [0.15, 0.2) is 36.5 Å². The highest BCUT2D eigenvalue weighted by molar-refractivity contribution is 5.30. The normalized spacial score (nSPS) is 10.1. The molecule has 12 heavy (non-hydrogen) atoms. The third kappa shape index (κ3) is 1.21. The lowest BCUT2D eigenvalue weighted by atomic mass is 10.3. The largest absolute Gasteiger partial charge is 0.240 e. The Hall–Kier alpha value is -1.64. The smallest absolute Gasteiger partial charge is 0.123 e. The summed E-state index contributed by atoms with van der Waals surface area (Å²) in [5.41, 5.74) is 0.831. The van der Waals surface area contributed by atoms with E-state index in [0.717, 1.165) is 5.69 Å². The fourth-order valence-corrected chi connectivity index (χ4v) is 0.970. The van der Waals surface area contributed by atoms with E-state index in [0.29, 0.717) is 0 Å². The first-order chi connectivity index (χ1) is 5.86. The number of rotatable bonds is 1. The van der Waals surface area contributed by atoms with E-state index in [9.17, 15) is 4.39 Å². The lowest BCUT2D eigenvalue weighted by Gasteiger charge is -1.98. The van der Waals surface area contributed by atoms with Gasteiger partial charge in [0.1, 0.15) is 12.0 Å². The average Bonchev–Trinajstić information content (AvgIpc) is 2.58. The molecule has 2 nitrogen and oxygen atoms in total. The zero-order valence-electron chi connectivity index (χ0n) is 6.24. The molecule has 0 saturated heterocycles. The first kappa shape index (κ1) is 7.03. The standard InChI is InChI=1S/C9H6FN2/c10-8-2-4-9(5-3-8)12-7-1-6-11-12/h1-5,7H. The van der Waals surface area contributed by atoms with E-state index in [1.54, 1.807) is 29.1 Å². The van der Waals surface area contributed by atoms with Gasteiger partial charge in [-0.3, -0.25) is 0 Å². The molecule has 1 aromatic carbocycles. The molecular formula is C9H6FN2. The summed E-state index contributed by atoms with van der Waals surface area (Å²) in [5, 5.41) is 3.89. The van der Waals surface area contributed by atoms with Crippen molar-refractivity contribution >= 4 is 0 Å². The second-order valence-corrected chi connectivity index (χ2v) is 2.37. The van der Waals surface area contributed by atoms with Crippen molar-refractivity contribution in [3.05, 3.63) is 48.5 Å². The molecule has 0 saturated carbocycles. The van der Waals surface area contributed by atoms with Crippen molar-refractivity contribution in [1.82, 2.24) is 9.78 Å². The highest BCUT2D eigenvalue weighted by Crippen LogP contribution is 2.06. The maximum absolute atomic E-state index is 12.5. The Labute approximate surface area is 69.3 Å². The molecular weight excluding hydrogens is 155 g/mol. The summed E-state index contributed by atoms with van der Waals surface area (Å²) in [6.45, 7) is 0. The molecule has 0 fully saturated rings. The molecule has 2 rings (SSSR count). The van der Waals surface area contributed by atoms with Gasteiger partial charge in [-0.05, 0) is 30.3 Å². The van der Waals surface area contributed by atoms with Crippen LogP contribution in [0.3, 0.4) is 0 Å². The minimum atomic E-state index is -0.241. The lowest BCUT2D eigenvalue weighted by molar-refractivity contribution is 0.627. The van der Waals surface area contributed by atoms with E-state index in [2.05, 4.69) is 11.3 Å². The van der Waals surface area contributed by atoms with Gasteiger partial charge in [0.15, 0.2) is 0 Å². The molecule has 1 radical (unpaired) electrons. The van der Waals surface area contributed by atoms with E-state index in [4.69, 9.17) is 0 Å². The minimum Gasteiger partial charge on any atom is -0.240 e. The number of hydrogen-bond donors (Lipinski definition) is 0. The molecule has 59 valence electrons. The SMILES string of the molecule is Fc1ccc(-n2cc[c]n2)cc1. The van der Waals surface area contributed by atoms with Crippen LogP contribution in [0.4, 0.5) is 4.39 Å². The zero-order valence-corrected chi connectivity index (χ0v) is 6.24. The maximum atomic E-state index is 12.5. The van der Waals surface area contributed by atoms with Crippen LogP contribution in [0.25, 0.3) is 5.69 Å². The van der Waals surface area contributed by atoms with E-state index < -0.39 is 0 Å². The Morgan fingerprint density at radius 3 is 2.58 bits per heavy atom. The Kier molecular flexibility index (Phi) is 1.63. The molecule has 2 aromatic rings. The van der Waals surface area contributed by atoms with Gasteiger partial charge in [0, 0.05) is 6.20 Å². The highest BCUT2D eigenvalue weighted by atomic mass is 19.1. The van der Waals surface area contributed by atoms with Gasteiger partial charge in [-0.25, -0.2) is 9.07 Å². The second kappa shape index (κ2) is 2.77. The van der Waals surface area contributed by atoms with Crippen molar-refractivity contribution in [2.75, 3.05) is 0 Å². The average molecular weight is 161 g/mol. The third-order valence-corrected chi connectivity index (χ3v) is 1.55. The molecule has 0 spiro atoms. The summed E-state index contributed by atoms with van der Waals surface area (Å²) in [5.74, 6) is -0.241. The lowest BCUT2D eigenvalue weighted by Crippen LogP contribution is -1.93. The van der Waals surface area contributed by atoms with Crippen molar-refractivity contribution in [2.24, 2.45) is 0 Å². The summed E-state index contributed by atoms with van der Waals surface area (Å²) >= 11 is 0. The quantitative estimate of drug-likeness (QED) is 0.623. The fourth-order valence-electron chi connectivity index (χ4n) is 0.970. The predicted molar refractivity (Wildman–Crippen MR) is 42.4 cm³/mol. The number of hydrogen-bond acceptors (Lipinski definition) is 1. The van der Waals surface area contributed by atoms with E-state index in [-0.39, 0.29) is 5.82 Å². The van der Waals surface area contributed by atoms with Crippen LogP contribution >= 0.6 is 0 Å². The Morgan fingerprint density at radius 2 is 2.00 bits per heavy atom. The van der Waals surface area contributed by atoms with Crippen molar-refractivity contribution in [1.29, 1.82) is 0 Å². The van der Waals surface area contributed by atoms with Gasteiger partial charge in [-0.15, -0.1) is 0 Å². The Bertz CT molecular complexity index is 351. The summed E-state index contributed by atoms with van der Waals surface area (Å²) < 4.78 is 14.1. The van der Waals surface area contributed by atoms with Gasteiger partial charge in [-0.1, -0.05) is 0 Å². The molecule has 1 aromatic heterocycles. The Morgan fingerprint density at radius 1 is 1.25 bits per heavy atom. The van der Waals surface area contributed by atoms with Crippen LogP contribution in [-0.2, 0) is 0 Å². The summed E-state index contributed by atoms with van der Waals surface area (Å²) in [7, 11) is 0. The number of halogens is 1. The maximum Gasteiger partial charge on any atom is 0.123 e. The van der Waals surface area contributed by atoms with Crippen LogP contribution in [-0.4, -0.2) is 9.78 Å². The van der Waals surface area contributed by atoms with Crippen LogP contribution in [0, 0.1) is 12.0 Å². The van der Waals surface area contributed by atoms with Crippen LogP contribution in [0.2, 0.25) is 0 Å². The van der Waals surface area contributed by atoms with Gasteiger partial charge < -0.3 is 0 Å². The first-order valence-electron chi connectivity index (χ1n) is 3.54. The topological polar surface area (TPSA) is 17.8 Å². The van der Waals surface area contributed by atoms with Crippen LogP contribution < -0.4 is 0 Å². The van der Waals surface area contributed by atoms with Gasteiger partial charge in [0.05, 0.1) is 5.69 Å². The third-order valence-electron chi connectivity index (χ3n) is 1.55. The molecule has 0 amide bonds. The second-order valence-electron chi connectivity index (χ2n) is 2.37. The van der Waals surface area contributed by atoms with Crippen molar-refractivity contribution < 1.29 is 4.39 Å². The van der Waals surface area contributed by atoms with E-state index in [1.807, 2.05) is 0 Å². The molecule has 0 aliphatic rings. The number of aromatic nitrogens is 2. The molecule has 0 bridgehead atoms. The van der Waals surface area contributed by atoms with E-state index in [1.165, 1.54) is 12.1 Å². The summed E-state index contributed by atoms with van der Waals surface area (Å²) in [6.07, 6.45) is 4.42. The predicted octanol–water partition coefficient (Wildman–Crippen LogP) is 1.81. The van der Waals surface area contributed by atoms with Gasteiger partial charge >= 0.3 is 0 Å². The zero-order chi connectivity index (χ0) is 8.39. The van der Waals surface area contributed by atoms with Crippen LogP contribution in [0.5, 0.6) is 0 Å². The van der Waals surface area contributed by atoms with Crippen molar-refractivity contribution in [3.63, 3.8) is 0 Å². The molecule has 0 N–H and O–H groups in total. The summed E-state index contributed by atoms with van der Waals surface area (Å²) in [6, 6.07) is 7.82. The monoisotopic (exact) mass is 161 g/mol. The van der Waals surface area contributed by atoms with Crippen molar-refractivity contribution in [3.8, 4) is 5.69 Å². The molecule has 1 heterocycles. The number of benzene rings is 1. The van der Waals surface area contributed by atoms with Crippen molar-refractivity contribution in [2.45, 2.75) is 0 Å². The Balaban J connectivity index is 2.43. The minimum absolute atomic E-state index is 0.241. The molecule has 0 aliphatic carbocycles. The number of nitrogens with zero attached hydrogens (tertiary/aromatic N) is 2. The van der Waals surface area contributed by atoms with Gasteiger partial charge in [0.25, 0.3) is 0 Å². The molecule has 0 unspecified atom stereocenters. The highest BCUT2D eigenvalue weighted by Gasteiger charge is 1.94. The fraction of sp³-hybridized carbons (Fsp3) is 0. The molecule has 3 heteroatoms. The molecule has 0 aliphatic heterocycles. The summed E-state index contributed by atoms with van der Waals surface area (Å²) in [4.78, 5) is 0. The van der Waals surface area contributed by atoms with Gasteiger partial charge in [-0.2, -0.15) is 5.10 Å². The molecule has 0 atom stereocenters. The van der Waals surface area contributed by atoms with E-state index >= 15 is 0 Å². The first-order valence-corrected chi connectivity index (χ1v) is 3.54. The van der Waals surface area contributed by atoms with Crippen LogP contribution in [0.1, 0.15) is 0 Å².